The highest BCUT2D eigenvalue weighted by Gasteiger charge is 2.21. The van der Waals surface area contributed by atoms with Crippen LogP contribution in [0, 0.1) is 5.92 Å². The molecule has 1 saturated carbocycles. The SMILES string of the molecule is CCC1CCC(NC(=O)c2ccc(Cl)c(Br)c2)CC1. The molecule has 1 fully saturated rings. The lowest BCUT2D eigenvalue weighted by Gasteiger charge is -2.28. The van der Waals surface area contributed by atoms with Gasteiger partial charge in [-0.2, -0.15) is 0 Å². The van der Waals surface area contributed by atoms with Crippen LogP contribution in [-0.2, 0) is 0 Å². The third-order valence-corrected chi connectivity index (χ3v) is 5.16. The Bertz CT molecular complexity index is 455. The van der Waals surface area contributed by atoms with Crippen molar-refractivity contribution in [2.24, 2.45) is 5.92 Å². The first-order valence-electron chi connectivity index (χ1n) is 6.86. The quantitative estimate of drug-likeness (QED) is 0.838. The summed E-state index contributed by atoms with van der Waals surface area (Å²) in [4.78, 5) is 12.2. The maximum absolute atomic E-state index is 12.2. The van der Waals surface area contributed by atoms with Crippen molar-refractivity contribution < 1.29 is 4.79 Å². The van der Waals surface area contributed by atoms with Crippen molar-refractivity contribution in [1.82, 2.24) is 5.32 Å². The van der Waals surface area contributed by atoms with Gasteiger partial charge in [-0.1, -0.05) is 24.9 Å². The van der Waals surface area contributed by atoms with Gasteiger partial charge in [-0.15, -0.1) is 0 Å². The van der Waals surface area contributed by atoms with Crippen LogP contribution in [0.2, 0.25) is 5.02 Å². The molecule has 0 saturated heterocycles. The second kappa shape index (κ2) is 6.76. The van der Waals surface area contributed by atoms with Crippen molar-refractivity contribution in [2.75, 3.05) is 0 Å². The number of amides is 1. The lowest BCUT2D eigenvalue weighted by Crippen LogP contribution is -2.37. The molecule has 1 aliphatic carbocycles. The lowest BCUT2D eigenvalue weighted by molar-refractivity contribution is 0.0921. The Morgan fingerprint density at radius 2 is 2.05 bits per heavy atom. The summed E-state index contributed by atoms with van der Waals surface area (Å²) in [6.07, 6.45) is 5.90. The third-order valence-electron chi connectivity index (χ3n) is 3.94. The molecule has 0 heterocycles. The number of carbonyl (C=O) groups excluding carboxylic acids is 1. The third kappa shape index (κ3) is 3.96. The van der Waals surface area contributed by atoms with Crippen LogP contribution in [0.5, 0.6) is 0 Å². The smallest absolute Gasteiger partial charge is 0.251 e. The van der Waals surface area contributed by atoms with Crippen molar-refractivity contribution in [3.63, 3.8) is 0 Å². The van der Waals surface area contributed by atoms with Gasteiger partial charge in [0.25, 0.3) is 5.91 Å². The van der Waals surface area contributed by atoms with Crippen LogP contribution in [0.4, 0.5) is 0 Å². The van der Waals surface area contributed by atoms with Gasteiger partial charge in [-0.25, -0.2) is 0 Å². The highest BCUT2D eigenvalue weighted by Crippen LogP contribution is 2.27. The van der Waals surface area contributed by atoms with Crippen molar-refractivity contribution in [3.8, 4) is 0 Å². The molecule has 1 amide bonds. The Kier molecular flexibility index (Phi) is 5.28. The number of halogens is 2. The molecular weight excluding hydrogens is 326 g/mol. The van der Waals surface area contributed by atoms with E-state index in [1.54, 1.807) is 18.2 Å². The Labute approximate surface area is 128 Å². The molecule has 0 aromatic heterocycles. The molecule has 0 aliphatic heterocycles. The first-order chi connectivity index (χ1) is 9.10. The van der Waals surface area contributed by atoms with Crippen molar-refractivity contribution >= 4 is 33.4 Å². The highest BCUT2D eigenvalue weighted by molar-refractivity contribution is 9.10. The highest BCUT2D eigenvalue weighted by atomic mass is 79.9. The van der Waals surface area contributed by atoms with Gasteiger partial charge in [-0.05, 0) is 65.7 Å². The number of benzene rings is 1. The summed E-state index contributed by atoms with van der Waals surface area (Å²) in [7, 11) is 0. The molecule has 104 valence electrons. The van der Waals surface area contributed by atoms with Crippen LogP contribution in [0.3, 0.4) is 0 Å². The van der Waals surface area contributed by atoms with Crippen LogP contribution < -0.4 is 5.32 Å². The summed E-state index contributed by atoms with van der Waals surface area (Å²) >= 11 is 9.28. The Morgan fingerprint density at radius 1 is 1.37 bits per heavy atom. The topological polar surface area (TPSA) is 29.1 Å². The van der Waals surface area contributed by atoms with E-state index in [1.165, 1.54) is 19.3 Å². The minimum Gasteiger partial charge on any atom is -0.349 e. The van der Waals surface area contributed by atoms with Gasteiger partial charge in [0.1, 0.15) is 0 Å². The van der Waals surface area contributed by atoms with Gasteiger partial charge in [0.15, 0.2) is 0 Å². The number of hydrogen-bond acceptors (Lipinski definition) is 1. The van der Waals surface area contributed by atoms with Crippen molar-refractivity contribution in [1.29, 1.82) is 0 Å². The van der Waals surface area contributed by atoms with E-state index in [-0.39, 0.29) is 5.91 Å². The van der Waals surface area contributed by atoms with Gasteiger partial charge in [0.05, 0.1) is 5.02 Å². The number of rotatable bonds is 3. The molecule has 0 radical (unpaired) electrons. The lowest BCUT2D eigenvalue weighted by atomic mass is 9.84. The first kappa shape index (κ1) is 14.9. The largest absolute Gasteiger partial charge is 0.349 e. The minimum atomic E-state index is -0.00249. The van der Waals surface area contributed by atoms with E-state index < -0.39 is 0 Å². The number of nitrogens with one attached hydrogen (secondary N) is 1. The molecule has 0 atom stereocenters. The number of hydrogen-bond donors (Lipinski definition) is 1. The molecular formula is C15H19BrClNO. The summed E-state index contributed by atoms with van der Waals surface area (Å²) < 4.78 is 0.761. The maximum atomic E-state index is 12.2. The number of carbonyl (C=O) groups is 1. The van der Waals surface area contributed by atoms with Crippen molar-refractivity contribution in [3.05, 3.63) is 33.3 Å². The molecule has 2 rings (SSSR count). The van der Waals surface area contributed by atoms with E-state index in [1.807, 2.05) is 0 Å². The van der Waals surface area contributed by atoms with E-state index in [2.05, 4.69) is 28.2 Å². The predicted octanol–water partition coefficient (Wildman–Crippen LogP) is 4.80. The first-order valence-corrected chi connectivity index (χ1v) is 8.03. The molecule has 4 heteroatoms. The molecule has 1 aromatic carbocycles. The average Bonchev–Trinajstić information content (AvgIpc) is 2.42. The monoisotopic (exact) mass is 343 g/mol. The summed E-state index contributed by atoms with van der Waals surface area (Å²) in [6, 6.07) is 5.61. The maximum Gasteiger partial charge on any atom is 0.251 e. The fourth-order valence-electron chi connectivity index (χ4n) is 2.62. The van der Waals surface area contributed by atoms with E-state index in [0.717, 1.165) is 23.2 Å². The van der Waals surface area contributed by atoms with Crippen LogP contribution in [0.1, 0.15) is 49.4 Å². The second-order valence-corrected chi connectivity index (χ2v) is 6.49. The zero-order chi connectivity index (χ0) is 13.8. The summed E-state index contributed by atoms with van der Waals surface area (Å²) in [6.45, 7) is 2.24. The Balaban J connectivity index is 1.92. The Hall–Kier alpha value is -0.540. The molecule has 1 aliphatic rings. The van der Waals surface area contributed by atoms with E-state index in [0.29, 0.717) is 16.6 Å². The average molecular weight is 345 g/mol. The molecule has 19 heavy (non-hydrogen) atoms. The van der Waals surface area contributed by atoms with Crippen LogP contribution in [0.15, 0.2) is 22.7 Å². The second-order valence-electron chi connectivity index (χ2n) is 5.23. The fraction of sp³-hybridized carbons (Fsp3) is 0.533. The molecule has 0 unspecified atom stereocenters. The van der Waals surface area contributed by atoms with Crippen LogP contribution in [-0.4, -0.2) is 11.9 Å². The van der Waals surface area contributed by atoms with Crippen LogP contribution >= 0.6 is 27.5 Å². The summed E-state index contributed by atoms with van der Waals surface area (Å²) in [5.41, 5.74) is 0.661. The molecule has 1 N–H and O–H groups in total. The van der Waals surface area contributed by atoms with E-state index >= 15 is 0 Å². The van der Waals surface area contributed by atoms with E-state index in [9.17, 15) is 4.79 Å². The molecule has 1 aromatic rings. The van der Waals surface area contributed by atoms with Gasteiger partial charge >= 0.3 is 0 Å². The normalized spacial score (nSPS) is 23.1. The summed E-state index contributed by atoms with van der Waals surface area (Å²) in [5.74, 6) is 0.843. The predicted molar refractivity (Wildman–Crippen MR) is 82.7 cm³/mol. The van der Waals surface area contributed by atoms with Gasteiger partial charge in [-0.3, -0.25) is 4.79 Å². The van der Waals surface area contributed by atoms with Crippen LogP contribution in [0.25, 0.3) is 0 Å². The van der Waals surface area contributed by atoms with Crippen molar-refractivity contribution in [2.45, 2.75) is 45.1 Å². The van der Waals surface area contributed by atoms with Gasteiger partial charge < -0.3 is 5.32 Å². The molecule has 0 bridgehead atoms. The summed E-state index contributed by atoms with van der Waals surface area (Å²) in [5, 5.41) is 3.75. The zero-order valence-corrected chi connectivity index (χ0v) is 13.4. The Morgan fingerprint density at radius 3 is 2.63 bits per heavy atom. The zero-order valence-electron chi connectivity index (χ0n) is 11.1. The van der Waals surface area contributed by atoms with Gasteiger partial charge in [0, 0.05) is 16.1 Å². The molecule has 2 nitrogen and oxygen atoms in total. The van der Waals surface area contributed by atoms with E-state index in [4.69, 9.17) is 11.6 Å². The minimum absolute atomic E-state index is 0.00249. The standard InChI is InChI=1S/C15H19BrClNO/c1-2-10-3-6-12(7-4-10)18-15(19)11-5-8-14(17)13(16)9-11/h5,8-10,12H,2-4,6-7H2,1H3,(H,18,19). The van der Waals surface area contributed by atoms with Gasteiger partial charge in [0.2, 0.25) is 0 Å². The fourth-order valence-corrected chi connectivity index (χ4v) is 3.12. The molecule has 0 spiro atoms.